The van der Waals surface area contributed by atoms with E-state index in [2.05, 4.69) is 34.9 Å². The van der Waals surface area contributed by atoms with Crippen LogP contribution in [-0.4, -0.2) is 20.9 Å². The van der Waals surface area contributed by atoms with Crippen molar-refractivity contribution in [1.82, 2.24) is 9.78 Å². The first-order valence-electron chi connectivity index (χ1n) is 6.25. The Hall–Kier alpha value is -0.790. The van der Waals surface area contributed by atoms with Crippen LogP contribution in [0.5, 0.6) is 0 Å². The van der Waals surface area contributed by atoms with Crippen LogP contribution in [0.1, 0.15) is 34.9 Å². The summed E-state index contributed by atoms with van der Waals surface area (Å²) in [6.45, 7) is 4.99. The van der Waals surface area contributed by atoms with Gasteiger partial charge in [0.05, 0.1) is 15.9 Å². The van der Waals surface area contributed by atoms with Crippen LogP contribution in [-0.2, 0) is 18.7 Å². The van der Waals surface area contributed by atoms with Crippen molar-refractivity contribution < 1.29 is 9.90 Å². The minimum absolute atomic E-state index is 0.379. The van der Waals surface area contributed by atoms with Gasteiger partial charge in [0.15, 0.2) is 0 Å². The Morgan fingerprint density at radius 1 is 1.55 bits per heavy atom. The lowest BCUT2D eigenvalue weighted by Gasteiger charge is -2.04. The lowest BCUT2D eigenvalue weighted by molar-refractivity contribution is 0.0702. The summed E-state index contributed by atoms with van der Waals surface area (Å²) in [4.78, 5) is 12.2. The molecule has 0 aliphatic heterocycles. The molecule has 0 saturated heterocycles. The number of aromatic nitrogens is 2. The number of hydrogen-bond acceptors (Lipinski definition) is 4. The van der Waals surface area contributed by atoms with Crippen molar-refractivity contribution in [3.8, 4) is 0 Å². The Morgan fingerprint density at radius 3 is 2.85 bits per heavy atom. The number of halogens is 1. The summed E-state index contributed by atoms with van der Waals surface area (Å²) in [6.07, 6.45) is 0.896. The number of thiophene rings is 1. The number of hydrogen-bond donors (Lipinski definition) is 1. The molecule has 0 aliphatic rings. The van der Waals surface area contributed by atoms with Crippen molar-refractivity contribution in [2.24, 2.45) is 0 Å². The molecular weight excluding hydrogens is 360 g/mol. The van der Waals surface area contributed by atoms with Crippen LogP contribution in [0.4, 0.5) is 0 Å². The topological polar surface area (TPSA) is 55.1 Å². The van der Waals surface area contributed by atoms with Gasteiger partial charge in [0.25, 0.3) is 0 Å². The number of carboxylic acids is 1. The van der Waals surface area contributed by atoms with Crippen molar-refractivity contribution in [1.29, 1.82) is 0 Å². The summed E-state index contributed by atoms with van der Waals surface area (Å²) >= 11 is 6.51. The van der Waals surface area contributed by atoms with Gasteiger partial charge in [-0.2, -0.15) is 5.10 Å². The normalized spacial score (nSPS) is 10.9. The van der Waals surface area contributed by atoms with Crippen molar-refractivity contribution in [3.63, 3.8) is 0 Å². The fraction of sp³-hybridized carbons (Fsp3) is 0.385. The largest absolute Gasteiger partial charge is 0.477 e. The Labute approximate surface area is 134 Å². The molecule has 2 heterocycles. The van der Waals surface area contributed by atoms with E-state index in [0.717, 1.165) is 39.5 Å². The van der Waals surface area contributed by atoms with E-state index in [9.17, 15) is 4.79 Å². The molecule has 0 aromatic carbocycles. The quantitative estimate of drug-likeness (QED) is 0.766. The van der Waals surface area contributed by atoms with E-state index < -0.39 is 5.97 Å². The number of nitrogens with zero attached hydrogens (tertiary/aromatic N) is 2. The van der Waals surface area contributed by atoms with E-state index in [1.807, 2.05) is 10.1 Å². The van der Waals surface area contributed by atoms with E-state index in [1.165, 1.54) is 11.3 Å². The Bertz CT molecular complexity index is 622. The zero-order valence-electron chi connectivity index (χ0n) is 11.2. The summed E-state index contributed by atoms with van der Waals surface area (Å²) in [5, 5.41) is 15.4. The van der Waals surface area contributed by atoms with Gasteiger partial charge in [-0.05, 0) is 35.3 Å². The van der Waals surface area contributed by atoms with Crippen molar-refractivity contribution in [2.45, 2.75) is 37.5 Å². The van der Waals surface area contributed by atoms with Crippen LogP contribution in [0.2, 0.25) is 0 Å². The third kappa shape index (κ3) is 3.27. The van der Waals surface area contributed by atoms with Crippen molar-refractivity contribution >= 4 is 45.0 Å². The molecule has 0 saturated carbocycles. The fourth-order valence-corrected chi connectivity index (χ4v) is 4.60. The molecule has 0 fully saturated rings. The first kappa shape index (κ1) is 15.6. The second-order valence-electron chi connectivity index (χ2n) is 4.12. The van der Waals surface area contributed by atoms with Gasteiger partial charge in [-0.3, -0.25) is 4.68 Å². The van der Waals surface area contributed by atoms with Crippen molar-refractivity contribution in [2.75, 3.05) is 0 Å². The molecule has 0 spiro atoms. The number of aromatic carboxylic acids is 1. The highest BCUT2D eigenvalue weighted by atomic mass is 79.9. The Morgan fingerprint density at radius 2 is 2.30 bits per heavy atom. The Kier molecular flexibility index (Phi) is 5.29. The molecule has 4 nitrogen and oxygen atoms in total. The molecule has 2 rings (SSSR count). The molecule has 0 bridgehead atoms. The van der Waals surface area contributed by atoms with E-state index in [0.29, 0.717) is 4.88 Å². The van der Waals surface area contributed by atoms with E-state index in [1.54, 1.807) is 17.8 Å². The molecule has 2 aromatic heterocycles. The van der Waals surface area contributed by atoms with E-state index in [4.69, 9.17) is 5.11 Å². The van der Waals surface area contributed by atoms with E-state index in [-0.39, 0.29) is 0 Å². The number of carboxylic acid groups (broad SMARTS) is 1. The van der Waals surface area contributed by atoms with Gasteiger partial charge in [-0.25, -0.2) is 4.79 Å². The maximum Gasteiger partial charge on any atom is 0.345 e. The SMILES string of the molecule is CCc1nn(CC)c(CSc2csc(C(=O)O)c2)c1Br. The molecule has 7 heteroatoms. The van der Waals surface area contributed by atoms with Crippen LogP contribution >= 0.6 is 39.0 Å². The fourth-order valence-electron chi connectivity index (χ4n) is 1.81. The zero-order chi connectivity index (χ0) is 14.7. The van der Waals surface area contributed by atoms with Gasteiger partial charge >= 0.3 is 5.97 Å². The molecule has 0 radical (unpaired) electrons. The summed E-state index contributed by atoms with van der Waals surface area (Å²) in [7, 11) is 0. The number of carbonyl (C=O) groups is 1. The molecule has 0 atom stereocenters. The maximum absolute atomic E-state index is 10.9. The standard InChI is InChI=1S/C13H15BrN2O2S2/c1-3-9-12(14)10(16(4-2)15-9)7-19-8-5-11(13(17)18)20-6-8/h5-6H,3-4,7H2,1-2H3,(H,17,18). The molecule has 108 valence electrons. The molecule has 1 N–H and O–H groups in total. The summed E-state index contributed by atoms with van der Waals surface area (Å²) in [6, 6.07) is 1.72. The summed E-state index contributed by atoms with van der Waals surface area (Å²) in [5.41, 5.74) is 2.22. The average Bonchev–Trinajstić information content (AvgIpc) is 3.01. The number of aryl methyl sites for hydroxylation is 2. The monoisotopic (exact) mass is 374 g/mol. The van der Waals surface area contributed by atoms with Crippen LogP contribution in [0, 0.1) is 0 Å². The second kappa shape index (κ2) is 6.78. The van der Waals surface area contributed by atoms with Gasteiger partial charge in [0.2, 0.25) is 0 Å². The highest BCUT2D eigenvalue weighted by Crippen LogP contribution is 2.31. The zero-order valence-corrected chi connectivity index (χ0v) is 14.4. The third-order valence-electron chi connectivity index (χ3n) is 2.86. The molecule has 2 aromatic rings. The highest BCUT2D eigenvalue weighted by Gasteiger charge is 2.15. The highest BCUT2D eigenvalue weighted by molar-refractivity contribution is 9.10. The average molecular weight is 375 g/mol. The van der Waals surface area contributed by atoms with Crippen LogP contribution in [0.15, 0.2) is 20.8 Å². The predicted molar refractivity (Wildman–Crippen MR) is 85.8 cm³/mol. The summed E-state index contributed by atoms with van der Waals surface area (Å²) in [5.74, 6) is -0.0908. The smallest absolute Gasteiger partial charge is 0.345 e. The minimum atomic E-state index is -0.866. The van der Waals surface area contributed by atoms with Gasteiger partial charge in [-0.15, -0.1) is 23.1 Å². The maximum atomic E-state index is 10.9. The van der Waals surface area contributed by atoms with Crippen LogP contribution < -0.4 is 0 Å². The molecule has 20 heavy (non-hydrogen) atoms. The number of thioether (sulfide) groups is 1. The van der Waals surface area contributed by atoms with Gasteiger partial charge in [0, 0.05) is 22.6 Å². The van der Waals surface area contributed by atoms with Gasteiger partial charge in [0.1, 0.15) is 4.88 Å². The molecular formula is C13H15BrN2O2S2. The van der Waals surface area contributed by atoms with E-state index >= 15 is 0 Å². The van der Waals surface area contributed by atoms with Crippen LogP contribution in [0.3, 0.4) is 0 Å². The second-order valence-corrected chi connectivity index (χ2v) is 6.87. The van der Waals surface area contributed by atoms with Gasteiger partial charge in [-0.1, -0.05) is 6.92 Å². The lowest BCUT2D eigenvalue weighted by Crippen LogP contribution is -2.01. The van der Waals surface area contributed by atoms with Crippen molar-refractivity contribution in [3.05, 3.63) is 32.2 Å². The lowest BCUT2D eigenvalue weighted by atomic mass is 10.3. The molecule has 0 unspecified atom stereocenters. The third-order valence-corrected chi connectivity index (χ3v) is 5.83. The van der Waals surface area contributed by atoms with Gasteiger partial charge < -0.3 is 5.11 Å². The first-order chi connectivity index (χ1) is 9.56. The number of rotatable bonds is 6. The molecule has 0 amide bonds. The molecule has 0 aliphatic carbocycles. The predicted octanol–water partition coefficient (Wildman–Crippen LogP) is 4.28. The van der Waals surface area contributed by atoms with Crippen LogP contribution in [0.25, 0.3) is 0 Å². The summed E-state index contributed by atoms with van der Waals surface area (Å²) < 4.78 is 3.07. The first-order valence-corrected chi connectivity index (χ1v) is 8.91. The minimum Gasteiger partial charge on any atom is -0.477 e. The Balaban J connectivity index is 2.13.